The molecule has 0 bridgehead atoms. The molecule has 4 nitrogen and oxygen atoms in total. The quantitative estimate of drug-likeness (QED) is 0.598. The highest BCUT2D eigenvalue weighted by atomic mass is 16.4. The molecule has 1 atom stereocenters. The van der Waals surface area contributed by atoms with Gasteiger partial charge in [-0.1, -0.05) is 30.3 Å². The van der Waals surface area contributed by atoms with E-state index in [9.17, 15) is 9.90 Å². The van der Waals surface area contributed by atoms with E-state index in [1.54, 1.807) is 0 Å². The Morgan fingerprint density at radius 1 is 1.29 bits per heavy atom. The summed E-state index contributed by atoms with van der Waals surface area (Å²) >= 11 is 0. The van der Waals surface area contributed by atoms with Crippen LogP contribution >= 0.6 is 0 Å². The zero-order chi connectivity index (χ0) is 12.5. The summed E-state index contributed by atoms with van der Waals surface area (Å²) in [7, 11) is 0. The molecule has 3 N–H and O–H groups in total. The number of rotatable bonds is 8. The molecular weight excluding hydrogens is 218 g/mol. The first kappa shape index (κ1) is 13.7. The summed E-state index contributed by atoms with van der Waals surface area (Å²) in [5, 5.41) is 21.0. The standard InChI is InChI=1S/C13H19NO3/c15-12(7-4-8-13(16)17)14-10-9-11-5-2-1-3-6-11/h1-3,5-6,12,14-15H,4,7-10H2,(H,16,17). The van der Waals surface area contributed by atoms with Crippen LogP contribution in [0, 0.1) is 0 Å². The van der Waals surface area contributed by atoms with Gasteiger partial charge >= 0.3 is 5.97 Å². The Balaban J connectivity index is 2.08. The van der Waals surface area contributed by atoms with Gasteiger partial charge in [-0.25, -0.2) is 0 Å². The number of aliphatic hydroxyl groups excluding tert-OH is 1. The van der Waals surface area contributed by atoms with Crippen LogP contribution in [0.2, 0.25) is 0 Å². The van der Waals surface area contributed by atoms with Gasteiger partial charge in [-0.05, 0) is 24.8 Å². The summed E-state index contributed by atoms with van der Waals surface area (Å²) in [4.78, 5) is 10.3. The highest BCUT2D eigenvalue weighted by Gasteiger charge is 2.04. The third-order valence-corrected chi connectivity index (χ3v) is 2.50. The molecule has 0 aliphatic rings. The zero-order valence-corrected chi connectivity index (χ0v) is 9.80. The van der Waals surface area contributed by atoms with Crippen LogP contribution in [-0.4, -0.2) is 29.0 Å². The van der Waals surface area contributed by atoms with Crippen molar-refractivity contribution < 1.29 is 15.0 Å². The van der Waals surface area contributed by atoms with Gasteiger partial charge in [0.1, 0.15) is 6.23 Å². The van der Waals surface area contributed by atoms with E-state index in [-0.39, 0.29) is 6.42 Å². The molecule has 1 aromatic carbocycles. The van der Waals surface area contributed by atoms with Gasteiger partial charge in [0.15, 0.2) is 0 Å². The van der Waals surface area contributed by atoms with Crippen LogP contribution in [0.4, 0.5) is 0 Å². The Morgan fingerprint density at radius 2 is 2.00 bits per heavy atom. The second-order valence-electron chi connectivity index (χ2n) is 3.99. The van der Waals surface area contributed by atoms with Crippen molar-refractivity contribution in [2.75, 3.05) is 6.54 Å². The molecule has 0 heterocycles. The number of carboxylic acids is 1. The lowest BCUT2D eigenvalue weighted by atomic mass is 10.1. The summed E-state index contributed by atoms with van der Waals surface area (Å²) in [5.41, 5.74) is 1.22. The fourth-order valence-corrected chi connectivity index (χ4v) is 1.58. The maximum absolute atomic E-state index is 10.3. The molecule has 4 heteroatoms. The van der Waals surface area contributed by atoms with E-state index in [1.807, 2.05) is 30.3 Å². The Hall–Kier alpha value is -1.39. The Kier molecular flexibility index (Phi) is 6.29. The van der Waals surface area contributed by atoms with Crippen molar-refractivity contribution in [1.82, 2.24) is 5.32 Å². The molecule has 0 aromatic heterocycles. The first-order valence-corrected chi connectivity index (χ1v) is 5.85. The Morgan fingerprint density at radius 3 is 2.65 bits per heavy atom. The third-order valence-electron chi connectivity index (χ3n) is 2.50. The molecule has 0 radical (unpaired) electrons. The van der Waals surface area contributed by atoms with Gasteiger partial charge < -0.3 is 10.2 Å². The molecule has 1 rings (SSSR count). The van der Waals surface area contributed by atoms with Crippen LogP contribution in [0.5, 0.6) is 0 Å². The average Bonchev–Trinajstić information content (AvgIpc) is 2.30. The van der Waals surface area contributed by atoms with Gasteiger partial charge in [0, 0.05) is 13.0 Å². The minimum atomic E-state index is -0.818. The topological polar surface area (TPSA) is 69.6 Å². The predicted octanol–water partition coefficient (Wildman–Crippen LogP) is 1.39. The summed E-state index contributed by atoms with van der Waals surface area (Å²) in [6.45, 7) is 0.693. The molecule has 0 saturated heterocycles. The molecule has 1 aromatic rings. The summed E-state index contributed by atoms with van der Waals surface area (Å²) in [6, 6.07) is 10.0. The van der Waals surface area contributed by atoms with Crippen molar-refractivity contribution in [2.45, 2.75) is 31.9 Å². The predicted molar refractivity (Wildman–Crippen MR) is 65.6 cm³/mol. The SMILES string of the molecule is O=C(O)CCCC(O)NCCc1ccccc1. The van der Waals surface area contributed by atoms with Crippen molar-refractivity contribution in [1.29, 1.82) is 0 Å². The van der Waals surface area contributed by atoms with Gasteiger partial charge in [0.05, 0.1) is 0 Å². The smallest absolute Gasteiger partial charge is 0.303 e. The molecule has 0 saturated carbocycles. The summed E-state index contributed by atoms with van der Waals surface area (Å²) < 4.78 is 0. The van der Waals surface area contributed by atoms with E-state index >= 15 is 0 Å². The van der Waals surface area contributed by atoms with Crippen molar-refractivity contribution in [3.63, 3.8) is 0 Å². The van der Waals surface area contributed by atoms with E-state index in [4.69, 9.17) is 5.11 Å². The minimum Gasteiger partial charge on any atom is -0.481 e. The third kappa shape index (κ3) is 6.71. The maximum Gasteiger partial charge on any atom is 0.303 e. The average molecular weight is 237 g/mol. The van der Waals surface area contributed by atoms with Crippen LogP contribution < -0.4 is 5.32 Å². The largest absolute Gasteiger partial charge is 0.481 e. The van der Waals surface area contributed by atoms with Crippen molar-refractivity contribution in [3.05, 3.63) is 35.9 Å². The molecule has 94 valence electrons. The lowest BCUT2D eigenvalue weighted by Gasteiger charge is -2.11. The number of hydrogen-bond acceptors (Lipinski definition) is 3. The fourth-order valence-electron chi connectivity index (χ4n) is 1.58. The first-order valence-electron chi connectivity index (χ1n) is 5.85. The van der Waals surface area contributed by atoms with Crippen LogP contribution in [0.25, 0.3) is 0 Å². The van der Waals surface area contributed by atoms with E-state index in [0.717, 1.165) is 6.42 Å². The van der Waals surface area contributed by atoms with E-state index in [0.29, 0.717) is 19.4 Å². The second-order valence-corrected chi connectivity index (χ2v) is 3.99. The molecule has 0 spiro atoms. The molecular formula is C13H19NO3. The molecule has 0 aliphatic carbocycles. The van der Waals surface area contributed by atoms with Crippen LogP contribution in [0.3, 0.4) is 0 Å². The van der Waals surface area contributed by atoms with E-state index in [2.05, 4.69) is 5.32 Å². The molecule has 0 fully saturated rings. The summed E-state index contributed by atoms with van der Waals surface area (Å²) in [6.07, 6.45) is 1.32. The number of benzene rings is 1. The lowest BCUT2D eigenvalue weighted by molar-refractivity contribution is -0.137. The van der Waals surface area contributed by atoms with Crippen LogP contribution in [0.15, 0.2) is 30.3 Å². The summed E-state index contributed by atoms with van der Waals surface area (Å²) in [5.74, 6) is -0.818. The second kappa shape index (κ2) is 7.81. The highest BCUT2D eigenvalue weighted by Crippen LogP contribution is 2.01. The Labute approximate surface area is 101 Å². The normalized spacial score (nSPS) is 12.3. The van der Waals surface area contributed by atoms with Crippen LogP contribution in [-0.2, 0) is 11.2 Å². The Bertz CT molecular complexity index is 327. The van der Waals surface area contributed by atoms with Crippen LogP contribution in [0.1, 0.15) is 24.8 Å². The van der Waals surface area contributed by atoms with Crippen molar-refractivity contribution >= 4 is 5.97 Å². The van der Waals surface area contributed by atoms with Gasteiger partial charge in [0.2, 0.25) is 0 Å². The van der Waals surface area contributed by atoms with Gasteiger partial charge in [-0.2, -0.15) is 0 Å². The van der Waals surface area contributed by atoms with Crippen molar-refractivity contribution in [3.8, 4) is 0 Å². The van der Waals surface area contributed by atoms with Gasteiger partial charge in [0.25, 0.3) is 0 Å². The highest BCUT2D eigenvalue weighted by molar-refractivity contribution is 5.66. The molecule has 0 amide bonds. The monoisotopic (exact) mass is 237 g/mol. The number of aliphatic hydroxyl groups is 1. The minimum absolute atomic E-state index is 0.109. The maximum atomic E-state index is 10.3. The number of nitrogens with one attached hydrogen (secondary N) is 1. The number of aliphatic carboxylic acids is 1. The lowest BCUT2D eigenvalue weighted by Crippen LogP contribution is -2.30. The molecule has 1 unspecified atom stereocenters. The van der Waals surface area contributed by atoms with E-state index in [1.165, 1.54) is 5.56 Å². The van der Waals surface area contributed by atoms with Gasteiger partial charge in [-0.3, -0.25) is 10.1 Å². The van der Waals surface area contributed by atoms with Gasteiger partial charge in [-0.15, -0.1) is 0 Å². The fraction of sp³-hybridized carbons (Fsp3) is 0.462. The zero-order valence-electron chi connectivity index (χ0n) is 9.80. The number of carbonyl (C=O) groups is 1. The first-order chi connectivity index (χ1) is 8.18. The molecule has 17 heavy (non-hydrogen) atoms. The van der Waals surface area contributed by atoms with E-state index < -0.39 is 12.2 Å². The molecule has 0 aliphatic heterocycles. The number of hydrogen-bond donors (Lipinski definition) is 3. The number of carboxylic acid groups (broad SMARTS) is 1. The van der Waals surface area contributed by atoms with Crippen molar-refractivity contribution in [2.24, 2.45) is 0 Å².